The molecule has 0 saturated heterocycles. The second kappa shape index (κ2) is 11.8. The fourth-order valence-corrected chi connectivity index (χ4v) is 4.30. The quantitative estimate of drug-likeness (QED) is 0.164. The molecule has 0 atom stereocenters. The molecule has 1 heterocycles. The Kier molecular flexibility index (Phi) is 8.33. The first kappa shape index (κ1) is 24.7. The zero-order valence-electron chi connectivity index (χ0n) is 19.3. The highest BCUT2D eigenvalue weighted by Gasteiger charge is 2.17. The lowest BCUT2D eigenvalue weighted by Crippen LogP contribution is -2.21. The molecule has 7 nitrogen and oxygen atoms in total. The standard InChI is InChI=1S/C26H24BrN5O2S/c1-3-34-23-15-13-22(14-16-23)32-25(20-7-5-4-6-8-20)30-31-26(32)35-17-24(33)29-28-18(2)19-9-11-21(27)12-10-19/h4-16H,3,17H2,1-2H3,(H,29,33). The summed E-state index contributed by atoms with van der Waals surface area (Å²) in [4.78, 5) is 12.5. The molecule has 4 rings (SSSR count). The van der Waals surface area contributed by atoms with Crippen molar-refractivity contribution in [2.45, 2.75) is 19.0 Å². The number of rotatable bonds is 9. The average molecular weight is 550 g/mol. The summed E-state index contributed by atoms with van der Waals surface area (Å²) in [5.41, 5.74) is 6.09. The summed E-state index contributed by atoms with van der Waals surface area (Å²) in [5, 5.41) is 13.6. The Morgan fingerprint density at radius 2 is 1.74 bits per heavy atom. The number of nitrogens with zero attached hydrogens (tertiary/aromatic N) is 4. The summed E-state index contributed by atoms with van der Waals surface area (Å²) in [5.74, 6) is 1.40. The fourth-order valence-electron chi connectivity index (χ4n) is 3.29. The number of carbonyl (C=O) groups is 1. The Labute approximate surface area is 216 Å². The van der Waals surface area contributed by atoms with E-state index in [1.807, 2.05) is 97.3 Å². The maximum atomic E-state index is 12.5. The minimum atomic E-state index is -0.228. The highest BCUT2D eigenvalue weighted by molar-refractivity contribution is 9.10. The highest BCUT2D eigenvalue weighted by atomic mass is 79.9. The number of hydrazone groups is 1. The number of hydrogen-bond acceptors (Lipinski definition) is 6. The molecule has 0 saturated carbocycles. The van der Waals surface area contributed by atoms with E-state index in [1.165, 1.54) is 11.8 Å². The zero-order chi connectivity index (χ0) is 24.6. The molecule has 0 unspecified atom stereocenters. The second-order valence-corrected chi connectivity index (χ2v) is 9.32. The van der Waals surface area contributed by atoms with E-state index in [0.29, 0.717) is 17.6 Å². The number of amides is 1. The first-order valence-corrected chi connectivity index (χ1v) is 12.8. The number of nitrogens with one attached hydrogen (secondary N) is 1. The summed E-state index contributed by atoms with van der Waals surface area (Å²) in [6, 6.07) is 25.3. The Morgan fingerprint density at radius 3 is 2.43 bits per heavy atom. The molecular formula is C26H24BrN5O2S. The van der Waals surface area contributed by atoms with Crippen LogP contribution in [0.2, 0.25) is 0 Å². The van der Waals surface area contributed by atoms with Gasteiger partial charge in [-0.05, 0) is 55.8 Å². The number of benzene rings is 3. The van der Waals surface area contributed by atoms with Gasteiger partial charge in [-0.15, -0.1) is 10.2 Å². The minimum absolute atomic E-state index is 0.140. The molecule has 35 heavy (non-hydrogen) atoms. The van der Waals surface area contributed by atoms with Gasteiger partial charge in [0.1, 0.15) is 5.75 Å². The van der Waals surface area contributed by atoms with Gasteiger partial charge in [0.25, 0.3) is 5.91 Å². The molecule has 9 heteroatoms. The number of aromatic nitrogens is 3. The van der Waals surface area contributed by atoms with E-state index in [0.717, 1.165) is 32.7 Å². The van der Waals surface area contributed by atoms with Crippen molar-refractivity contribution in [3.8, 4) is 22.8 Å². The molecule has 0 aliphatic carbocycles. The predicted octanol–water partition coefficient (Wildman–Crippen LogP) is 5.73. The first-order chi connectivity index (χ1) is 17.0. The molecule has 1 N–H and O–H groups in total. The van der Waals surface area contributed by atoms with E-state index in [-0.39, 0.29) is 11.7 Å². The third-order valence-corrected chi connectivity index (χ3v) is 6.47. The zero-order valence-corrected chi connectivity index (χ0v) is 21.7. The SMILES string of the molecule is CCOc1ccc(-n2c(SCC(=O)NN=C(C)c3ccc(Br)cc3)nnc2-c2ccccc2)cc1. The summed E-state index contributed by atoms with van der Waals surface area (Å²) in [6.45, 7) is 4.40. The lowest BCUT2D eigenvalue weighted by Gasteiger charge is -2.11. The summed E-state index contributed by atoms with van der Waals surface area (Å²) >= 11 is 4.72. The molecule has 0 spiro atoms. The molecule has 0 radical (unpaired) electrons. The molecule has 0 aliphatic heterocycles. The van der Waals surface area contributed by atoms with Gasteiger partial charge in [0, 0.05) is 15.7 Å². The van der Waals surface area contributed by atoms with E-state index < -0.39 is 0 Å². The van der Waals surface area contributed by atoms with Gasteiger partial charge in [0.15, 0.2) is 11.0 Å². The largest absolute Gasteiger partial charge is 0.494 e. The van der Waals surface area contributed by atoms with Gasteiger partial charge >= 0.3 is 0 Å². The van der Waals surface area contributed by atoms with Gasteiger partial charge in [0.05, 0.1) is 18.1 Å². The number of carbonyl (C=O) groups excluding carboxylic acids is 1. The van der Waals surface area contributed by atoms with Crippen LogP contribution in [0, 0.1) is 0 Å². The smallest absolute Gasteiger partial charge is 0.250 e. The molecular weight excluding hydrogens is 526 g/mol. The van der Waals surface area contributed by atoms with Crippen molar-refractivity contribution in [1.82, 2.24) is 20.2 Å². The minimum Gasteiger partial charge on any atom is -0.494 e. The van der Waals surface area contributed by atoms with Gasteiger partial charge in [-0.3, -0.25) is 9.36 Å². The van der Waals surface area contributed by atoms with Crippen LogP contribution < -0.4 is 10.2 Å². The number of halogens is 1. The van der Waals surface area contributed by atoms with E-state index in [1.54, 1.807) is 0 Å². The van der Waals surface area contributed by atoms with Crippen molar-refractivity contribution in [3.05, 3.63) is 88.9 Å². The van der Waals surface area contributed by atoms with Gasteiger partial charge in [-0.25, -0.2) is 5.43 Å². The highest BCUT2D eigenvalue weighted by Crippen LogP contribution is 2.28. The Bertz CT molecular complexity index is 1310. The molecule has 4 aromatic rings. The van der Waals surface area contributed by atoms with Crippen LogP contribution in [0.25, 0.3) is 17.1 Å². The van der Waals surface area contributed by atoms with Gasteiger partial charge in [0.2, 0.25) is 0 Å². The van der Waals surface area contributed by atoms with Gasteiger partial charge < -0.3 is 4.74 Å². The van der Waals surface area contributed by atoms with Crippen LogP contribution in [0.5, 0.6) is 5.75 Å². The van der Waals surface area contributed by atoms with E-state index in [4.69, 9.17) is 4.74 Å². The van der Waals surface area contributed by atoms with Crippen LogP contribution >= 0.6 is 27.7 Å². The summed E-state index contributed by atoms with van der Waals surface area (Å²) in [7, 11) is 0. The molecule has 3 aromatic carbocycles. The van der Waals surface area contributed by atoms with Crippen LogP contribution in [-0.2, 0) is 4.79 Å². The Morgan fingerprint density at radius 1 is 1.03 bits per heavy atom. The van der Waals surface area contributed by atoms with Crippen LogP contribution in [-0.4, -0.2) is 38.7 Å². The lowest BCUT2D eigenvalue weighted by atomic mass is 10.1. The molecule has 1 aromatic heterocycles. The Hall–Kier alpha value is -3.43. The van der Waals surface area contributed by atoms with E-state index >= 15 is 0 Å². The van der Waals surface area contributed by atoms with Crippen LogP contribution in [0.1, 0.15) is 19.4 Å². The second-order valence-electron chi connectivity index (χ2n) is 7.46. The number of ether oxygens (including phenoxy) is 1. The van der Waals surface area contributed by atoms with Crippen molar-refractivity contribution in [3.63, 3.8) is 0 Å². The fraction of sp³-hybridized carbons (Fsp3) is 0.154. The van der Waals surface area contributed by atoms with Gasteiger partial charge in [-0.2, -0.15) is 5.10 Å². The van der Waals surface area contributed by atoms with Crippen LogP contribution in [0.15, 0.2) is 93.6 Å². The Balaban J connectivity index is 1.52. The van der Waals surface area contributed by atoms with Crippen molar-refractivity contribution in [1.29, 1.82) is 0 Å². The molecule has 178 valence electrons. The van der Waals surface area contributed by atoms with E-state index in [9.17, 15) is 4.79 Å². The summed E-state index contributed by atoms with van der Waals surface area (Å²) in [6.07, 6.45) is 0. The van der Waals surface area contributed by atoms with Crippen molar-refractivity contribution in [2.24, 2.45) is 5.10 Å². The third-order valence-electron chi connectivity index (χ3n) is 5.01. The normalized spacial score (nSPS) is 11.3. The van der Waals surface area contributed by atoms with Crippen LogP contribution in [0.4, 0.5) is 0 Å². The van der Waals surface area contributed by atoms with Crippen LogP contribution in [0.3, 0.4) is 0 Å². The average Bonchev–Trinajstić information content (AvgIpc) is 3.31. The van der Waals surface area contributed by atoms with Gasteiger partial charge in [-0.1, -0.05) is 70.2 Å². The monoisotopic (exact) mass is 549 g/mol. The maximum Gasteiger partial charge on any atom is 0.250 e. The lowest BCUT2D eigenvalue weighted by molar-refractivity contribution is -0.118. The number of hydrogen-bond donors (Lipinski definition) is 1. The molecule has 0 fully saturated rings. The van der Waals surface area contributed by atoms with Crippen molar-refractivity contribution >= 4 is 39.3 Å². The van der Waals surface area contributed by atoms with Crippen molar-refractivity contribution < 1.29 is 9.53 Å². The van der Waals surface area contributed by atoms with E-state index in [2.05, 4.69) is 36.7 Å². The summed E-state index contributed by atoms with van der Waals surface area (Å²) < 4.78 is 8.50. The molecule has 0 bridgehead atoms. The molecule has 0 aliphatic rings. The number of thioether (sulfide) groups is 1. The maximum absolute atomic E-state index is 12.5. The molecule has 1 amide bonds. The first-order valence-electron chi connectivity index (χ1n) is 11.0. The van der Waals surface area contributed by atoms with Crippen molar-refractivity contribution in [2.75, 3.05) is 12.4 Å². The predicted molar refractivity (Wildman–Crippen MR) is 143 cm³/mol. The third kappa shape index (κ3) is 6.37. The topological polar surface area (TPSA) is 81.4 Å².